The Morgan fingerprint density at radius 3 is 2.43 bits per heavy atom. The summed E-state index contributed by atoms with van der Waals surface area (Å²) in [5, 5.41) is 0. The van der Waals surface area contributed by atoms with E-state index in [1.165, 1.54) is 6.26 Å². The van der Waals surface area contributed by atoms with Crippen molar-refractivity contribution in [3.63, 3.8) is 0 Å². The molecule has 0 heterocycles. The molecule has 0 fully saturated rings. The van der Waals surface area contributed by atoms with Gasteiger partial charge in [0.2, 0.25) is 0 Å². The summed E-state index contributed by atoms with van der Waals surface area (Å²) in [6, 6.07) is 0. The summed E-state index contributed by atoms with van der Waals surface area (Å²) in [7, 11) is 0. The van der Waals surface area contributed by atoms with Crippen molar-refractivity contribution in [1.82, 2.24) is 0 Å². The molecule has 0 amide bonds. The van der Waals surface area contributed by atoms with Crippen LogP contribution in [0.4, 0.5) is 0 Å². The molecule has 0 unspecified atom stereocenters. The molecule has 0 aromatic heterocycles. The Hall–Kier alpha value is 0.137. The SMILES string of the molecule is C=COCC[CH2-].[Li+]. The minimum atomic E-state index is 0. The maximum atomic E-state index is 4.68. The van der Waals surface area contributed by atoms with Crippen LogP contribution in [0.15, 0.2) is 12.8 Å². The van der Waals surface area contributed by atoms with Gasteiger partial charge in [-0.3, -0.25) is 0 Å². The molecule has 0 rings (SSSR count). The third kappa shape index (κ3) is 10.7. The second-order valence-electron chi connectivity index (χ2n) is 0.891. The molecule has 0 spiro atoms. The van der Waals surface area contributed by atoms with E-state index in [1.54, 1.807) is 0 Å². The van der Waals surface area contributed by atoms with Crippen molar-refractivity contribution in [3.05, 3.63) is 19.8 Å². The molecule has 0 N–H and O–H groups in total. The van der Waals surface area contributed by atoms with Crippen molar-refractivity contribution in [2.24, 2.45) is 0 Å². The fraction of sp³-hybridized carbons (Fsp3) is 0.400. The van der Waals surface area contributed by atoms with E-state index >= 15 is 0 Å². The summed E-state index contributed by atoms with van der Waals surface area (Å²) >= 11 is 0. The molecule has 7 heavy (non-hydrogen) atoms. The van der Waals surface area contributed by atoms with Crippen LogP contribution in [0.25, 0.3) is 0 Å². The van der Waals surface area contributed by atoms with Crippen LogP contribution in [0.1, 0.15) is 6.42 Å². The second-order valence-corrected chi connectivity index (χ2v) is 0.891. The van der Waals surface area contributed by atoms with Gasteiger partial charge in [-0.25, -0.2) is 0 Å². The summed E-state index contributed by atoms with van der Waals surface area (Å²) in [6.45, 7) is 7.58. The maximum Gasteiger partial charge on any atom is 1.00 e. The maximum absolute atomic E-state index is 4.68. The molecule has 0 aromatic carbocycles. The molecule has 0 saturated carbocycles. The third-order valence-corrected chi connectivity index (χ3v) is 0.380. The van der Waals surface area contributed by atoms with Gasteiger partial charge in [-0.15, -0.1) is 6.42 Å². The van der Waals surface area contributed by atoms with Gasteiger partial charge in [-0.2, -0.15) is 0 Å². The predicted octanol–water partition coefficient (Wildman–Crippen LogP) is -1.63. The van der Waals surface area contributed by atoms with Crippen LogP contribution in [0.5, 0.6) is 0 Å². The zero-order valence-corrected chi connectivity index (χ0v) is 4.81. The van der Waals surface area contributed by atoms with Crippen molar-refractivity contribution in [3.8, 4) is 0 Å². The molecule has 0 aromatic rings. The average molecular weight is 92.1 g/mol. The van der Waals surface area contributed by atoms with Crippen LogP contribution in [0, 0.1) is 6.92 Å². The zero-order chi connectivity index (χ0) is 4.83. The van der Waals surface area contributed by atoms with Crippen molar-refractivity contribution in [2.45, 2.75) is 6.42 Å². The van der Waals surface area contributed by atoms with Gasteiger partial charge in [0.15, 0.2) is 0 Å². The molecule has 2 heteroatoms. The Kier molecular flexibility index (Phi) is 13.8. The van der Waals surface area contributed by atoms with E-state index in [1.807, 2.05) is 0 Å². The topological polar surface area (TPSA) is 9.23 Å². The minimum absolute atomic E-state index is 0. The van der Waals surface area contributed by atoms with Crippen LogP contribution >= 0.6 is 0 Å². The molecular weight excluding hydrogens is 83.0 g/mol. The van der Waals surface area contributed by atoms with Gasteiger partial charge in [-0.05, 0) is 0 Å². The van der Waals surface area contributed by atoms with Crippen molar-refractivity contribution in [2.75, 3.05) is 6.61 Å². The molecule has 1 nitrogen and oxygen atoms in total. The molecule has 0 aliphatic heterocycles. The summed E-state index contributed by atoms with van der Waals surface area (Å²) in [4.78, 5) is 0. The smallest absolute Gasteiger partial charge is 0.504 e. The minimum Gasteiger partial charge on any atom is -0.504 e. The van der Waals surface area contributed by atoms with Gasteiger partial charge in [0.05, 0.1) is 12.9 Å². The Labute approximate surface area is 56.9 Å². The van der Waals surface area contributed by atoms with Crippen LogP contribution in [0.2, 0.25) is 0 Å². The number of rotatable bonds is 3. The van der Waals surface area contributed by atoms with Crippen molar-refractivity contribution < 1.29 is 23.6 Å². The normalized spacial score (nSPS) is 6.43. The Bertz CT molecular complexity index is 37.1. The fourth-order valence-electron chi connectivity index (χ4n) is 0.167. The summed E-state index contributed by atoms with van der Waals surface area (Å²) in [5.74, 6) is 0. The molecule has 0 radical (unpaired) electrons. The van der Waals surface area contributed by atoms with Crippen LogP contribution < -0.4 is 18.9 Å². The Morgan fingerprint density at radius 1 is 1.71 bits per heavy atom. The van der Waals surface area contributed by atoms with Crippen LogP contribution in [-0.4, -0.2) is 6.61 Å². The first-order chi connectivity index (χ1) is 2.91. The van der Waals surface area contributed by atoms with Gasteiger partial charge < -0.3 is 11.7 Å². The molecule has 36 valence electrons. The zero-order valence-electron chi connectivity index (χ0n) is 4.81. The number of ether oxygens (including phenoxy) is 1. The van der Waals surface area contributed by atoms with E-state index in [-0.39, 0.29) is 18.9 Å². The average Bonchev–Trinajstić information content (AvgIpc) is 1.61. The third-order valence-electron chi connectivity index (χ3n) is 0.380. The molecule has 0 aliphatic rings. The molecule has 0 bridgehead atoms. The van der Waals surface area contributed by atoms with Crippen LogP contribution in [0.3, 0.4) is 0 Å². The van der Waals surface area contributed by atoms with E-state index in [4.69, 9.17) is 0 Å². The van der Waals surface area contributed by atoms with Crippen molar-refractivity contribution >= 4 is 0 Å². The standard InChI is InChI=1S/C5H9O.Li/c1-3-5-6-4-2;/h4H,1-3,5H2;/q-1;+1. The van der Waals surface area contributed by atoms with Gasteiger partial charge in [-0.1, -0.05) is 6.58 Å². The second kappa shape index (κ2) is 9.46. The van der Waals surface area contributed by atoms with E-state index in [0.717, 1.165) is 6.42 Å². The Balaban J connectivity index is 0. The monoisotopic (exact) mass is 92.1 g/mol. The summed E-state index contributed by atoms with van der Waals surface area (Å²) in [5.41, 5.74) is 0. The largest absolute Gasteiger partial charge is 1.00 e. The van der Waals surface area contributed by atoms with Gasteiger partial charge in [0, 0.05) is 0 Å². The summed E-state index contributed by atoms with van der Waals surface area (Å²) in [6.07, 6.45) is 2.23. The first-order valence-electron chi connectivity index (χ1n) is 1.93. The quantitative estimate of drug-likeness (QED) is 0.176. The van der Waals surface area contributed by atoms with E-state index in [0.29, 0.717) is 6.61 Å². The van der Waals surface area contributed by atoms with Gasteiger partial charge in [0.1, 0.15) is 0 Å². The molecule has 0 aliphatic carbocycles. The number of hydrogen-bond donors (Lipinski definition) is 0. The summed E-state index contributed by atoms with van der Waals surface area (Å²) < 4.78 is 4.68. The first kappa shape index (κ1) is 10.2. The molecule has 0 atom stereocenters. The van der Waals surface area contributed by atoms with Crippen LogP contribution in [-0.2, 0) is 4.74 Å². The van der Waals surface area contributed by atoms with Crippen molar-refractivity contribution in [1.29, 1.82) is 0 Å². The van der Waals surface area contributed by atoms with E-state index < -0.39 is 0 Å². The molecule has 0 saturated heterocycles. The molecular formula is C5H9LiO. The van der Waals surface area contributed by atoms with Gasteiger partial charge in [0.25, 0.3) is 0 Å². The van der Waals surface area contributed by atoms with E-state index in [9.17, 15) is 0 Å². The Morgan fingerprint density at radius 2 is 2.29 bits per heavy atom. The van der Waals surface area contributed by atoms with Gasteiger partial charge >= 0.3 is 18.9 Å². The predicted molar refractivity (Wildman–Crippen MR) is 26.1 cm³/mol. The fourth-order valence-corrected chi connectivity index (χ4v) is 0.167. The van der Waals surface area contributed by atoms with E-state index in [2.05, 4.69) is 18.2 Å². The number of hydrogen-bond acceptors (Lipinski definition) is 1. The first-order valence-corrected chi connectivity index (χ1v) is 1.93.